The Hall–Kier alpha value is -2.36. The van der Waals surface area contributed by atoms with Gasteiger partial charge in [0.15, 0.2) is 0 Å². The van der Waals surface area contributed by atoms with Crippen LogP contribution in [0.2, 0.25) is 0 Å². The fraction of sp³-hybridized carbons (Fsp3) is 0.316. The minimum absolute atomic E-state index is 0.0294. The number of benzene rings is 2. The standard InChI is InChI=1S/C19H23FN2O/c1-14-11-15(2)13-17(12-14)21-10-8-19(23)22-9-7-16-5-3-4-6-18(16)20/h3-6,11-13,21H,7-10H2,1-2H3,(H,22,23). The van der Waals surface area contributed by atoms with Crippen LogP contribution in [0, 0.1) is 19.7 Å². The summed E-state index contributed by atoms with van der Waals surface area (Å²) in [6.45, 7) is 5.12. The van der Waals surface area contributed by atoms with Gasteiger partial charge in [0.05, 0.1) is 0 Å². The lowest BCUT2D eigenvalue weighted by molar-refractivity contribution is -0.120. The Kier molecular flexibility index (Phi) is 6.15. The molecule has 0 fully saturated rings. The highest BCUT2D eigenvalue weighted by atomic mass is 19.1. The maximum atomic E-state index is 13.4. The van der Waals surface area contributed by atoms with Crippen LogP contribution >= 0.6 is 0 Å². The average molecular weight is 314 g/mol. The zero-order chi connectivity index (χ0) is 16.7. The molecule has 0 bridgehead atoms. The second kappa shape index (κ2) is 8.32. The van der Waals surface area contributed by atoms with Gasteiger partial charge in [0.25, 0.3) is 0 Å². The first-order valence-electron chi connectivity index (χ1n) is 7.87. The first-order chi connectivity index (χ1) is 11.0. The van der Waals surface area contributed by atoms with Gasteiger partial charge in [-0.25, -0.2) is 4.39 Å². The summed E-state index contributed by atoms with van der Waals surface area (Å²) in [4.78, 5) is 11.8. The van der Waals surface area contributed by atoms with E-state index >= 15 is 0 Å². The first kappa shape index (κ1) is 17.0. The molecule has 0 radical (unpaired) electrons. The summed E-state index contributed by atoms with van der Waals surface area (Å²) in [5.74, 6) is -0.253. The smallest absolute Gasteiger partial charge is 0.221 e. The lowest BCUT2D eigenvalue weighted by atomic mass is 10.1. The monoisotopic (exact) mass is 314 g/mol. The van der Waals surface area contributed by atoms with Crippen molar-refractivity contribution in [2.24, 2.45) is 0 Å². The van der Waals surface area contributed by atoms with Gasteiger partial charge in [0.1, 0.15) is 5.82 Å². The Labute approximate surface area is 136 Å². The van der Waals surface area contributed by atoms with Crippen molar-refractivity contribution in [2.75, 3.05) is 18.4 Å². The highest BCUT2D eigenvalue weighted by Crippen LogP contribution is 2.13. The van der Waals surface area contributed by atoms with Gasteiger partial charge >= 0.3 is 0 Å². The Morgan fingerprint density at radius 1 is 1.04 bits per heavy atom. The van der Waals surface area contributed by atoms with Gasteiger partial charge in [-0.2, -0.15) is 0 Å². The number of halogens is 1. The van der Waals surface area contributed by atoms with Gasteiger partial charge in [-0.05, 0) is 55.2 Å². The summed E-state index contributed by atoms with van der Waals surface area (Å²) in [6.07, 6.45) is 0.896. The second-order valence-corrected chi connectivity index (χ2v) is 5.74. The molecule has 3 nitrogen and oxygen atoms in total. The van der Waals surface area contributed by atoms with Crippen LogP contribution in [0.5, 0.6) is 0 Å². The van der Waals surface area contributed by atoms with Crippen molar-refractivity contribution in [3.8, 4) is 0 Å². The van der Waals surface area contributed by atoms with Crippen LogP contribution < -0.4 is 10.6 Å². The largest absolute Gasteiger partial charge is 0.385 e. The van der Waals surface area contributed by atoms with Gasteiger partial charge in [0, 0.05) is 25.2 Å². The molecule has 0 spiro atoms. The number of aryl methyl sites for hydroxylation is 2. The van der Waals surface area contributed by atoms with Gasteiger partial charge in [-0.3, -0.25) is 4.79 Å². The van der Waals surface area contributed by atoms with E-state index in [0.29, 0.717) is 31.5 Å². The van der Waals surface area contributed by atoms with Crippen LogP contribution in [0.15, 0.2) is 42.5 Å². The van der Waals surface area contributed by atoms with Crippen LogP contribution in [0.25, 0.3) is 0 Å². The van der Waals surface area contributed by atoms with Crippen molar-refractivity contribution >= 4 is 11.6 Å². The molecule has 0 saturated carbocycles. The van der Waals surface area contributed by atoms with E-state index in [2.05, 4.69) is 28.8 Å². The van der Waals surface area contributed by atoms with Crippen LogP contribution in [0.3, 0.4) is 0 Å². The molecule has 122 valence electrons. The molecule has 0 heterocycles. The maximum Gasteiger partial charge on any atom is 0.221 e. The molecule has 23 heavy (non-hydrogen) atoms. The van der Waals surface area contributed by atoms with Crippen LogP contribution in [0.1, 0.15) is 23.1 Å². The van der Waals surface area contributed by atoms with Crippen molar-refractivity contribution in [3.63, 3.8) is 0 Å². The van der Waals surface area contributed by atoms with E-state index in [-0.39, 0.29) is 11.7 Å². The maximum absolute atomic E-state index is 13.4. The SMILES string of the molecule is Cc1cc(C)cc(NCCC(=O)NCCc2ccccc2F)c1. The summed E-state index contributed by atoms with van der Waals surface area (Å²) < 4.78 is 13.4. The summed E-state index contributed by atoms with van der Waals surface area (Å²) in [5.41, 5.74) is 4.05. The Balaban J connectivity index is 1.68. The van der Waals surface area contributed by atoms with Crippen LogP contribution in [0.4, 0.5) is 10.1 Å². The zero-order valence-corrected chi connectivity index (χ0v) is 13.7. The van der Waals surface area contributed by atoms with Gasteiger partial charge < -0.3 is 10.6 Å². The molecule has 1 amide bonds. The molecule has 0 atom stereocenters. The summed E-state index contributed by atoms with van der Waals surface area (Å²) >= 11 is 0. The molecule has 4 heteroatoms. The van der Waals surface area contributed by atoms with E-state index in [1.54, 1.807) is 18.2 Å². The summed E-state index contributed by atoms with van der Waals surface area (Å²) in [6, 6.07) is 12.9. The highest BCUT2D eigenvalue weighted by molar-refractivity contribution is 5.76. The fourth-order valence-corrected chi connectivity index (χ4v) is 2.52. The molecule has 2 aromatic rings. The number of anilines is 1. The van der Waals surface area contributed by atoms with E-state index in [9.17, 15) is 9.18 Å². The number of rotatable bonds is 7. The number of carbonyl (C=O) groups is 1. The van der Waals surface area contributed by atoms with E-state index in [1.807, 2.05) is 13.8 Å². The molecule has 0 aliphatic heterocycles. The van der Waals surface area contributed by atoms with E-state index in [1.165, 1.54) is 17.2 Å². The van der Waals surface area contributed by atoms with Crippen LogP contribution in [-0.2, 0) is 11.2 Å². The van der Waals surface area contributed by atoms with Crippen molar-refractivity contribution in [2.45, 2.75) is 26.7 Å². The van der Waals surface area contributed by atoms with E-state index < -0.39 is 0 Å². The minimum Gasteiger partial charge on any atom is -0.385 e. The molecule has 2 rings (SSSR count). The quantitative estimate of drug-likeness (QED) is 0.820. The van der Waals surface area contributed by atoms with Crippen molar-refractivity contribution < 1.29 is 9.18 Å². The summed E-state index contributed by atoms with van der Waals surface area (Å²) in [7, 11) is 0. The minimum atomic E-state index is -0.224. The molecule has 0 aliphatic carbocycles. The lowest BCUT2D eigenvalue weighted by Crippen LogP contribution is -2.27. The third-order valence-corrected chi connectivity index (χ3v) is 3.58. The normalized spacial score (nSPS) is 10.4. The Morgan fingerprint density at radius 3 is 2.43 bits per heavy atom. The van der Waals surface area contributed by atoms with E-state index in [0.717, 1.165) is 5.69 Å². The molecule has 0 unspecified atom stereocenters. The predicted octanol–water partition coefficient (Wildman–Crippen LogP) is 3.60. The first-order valence-corrected chi connectivity index (χ1v) is 7.87. The Bertz CT molecular complexity index is 650. The molecule has 2 N–H and O–H groups in total. The molecule has 0 aromatic heterocycles. The third kappa shape index (κ3) is 5.74. The third-order valence-electron chi connectivity index (χ3n) is 3.58. The van der Waals surface area contributed by atoms with Gasteiger partial charge in [-0.1, -0.05) is 24.3 Å². The number of nitrogens with one attached hydrogen (secondary N) is 2. The molecule has 2 aromatic carbocycles. The second-order valence-electron chi connectivity index (χ2n) is 5.74. The topological polar surface area (TPSA) is 41.1 Å². The summed E-state index contributed by atoms with van der Waals surface area (Å²) in [5, 5.41) is 6.08. The molecule has 0 saturated heterocycles. The number of hydrogen-bond donors (Lipinski definition) is 2. The fourth-order valence-electron chi connectivity index (χ4n) is 2.52. The highest BCUT2D eigenvalue weighted by Gasteiger charge is 2.04. The van der Waals surface area contributed by atoms with Crippen molar-refractivity contribution in [1.82, 2.24) is 5.32 Å². The van der Waals surface area contributed by atoms with Gasteiger partial charge in [-0.15, -0.1) is 0 Å². The average Bonchev–Trinajstić information content (AvgIpc) is 2.48. The predicted molar refractivity (Wildman–Crippen MR) is 92.1 cm³/mol. The number of amides is 1. The molecule has 0 aliphatic rings. The van der Waals surface area contributed by atoms with Crippen LogP contribution in [-0.4, -0.2) is 19.0 Å². The lowest BCUT2D eigenvalue weighted by Gasteiger charge is -2.09. The van der Waals surface area contributed by atoms with Crippen molar-refractivity contribution in [1.29, 1.82) is 0 Å². The van der Waals surface area contributed by atoms with Crippen molar-refractivity contribution in [3.05, 3.63) is 65.0 Å². The van der Waals surface area contributed by atoms with Gasteiger partial charge in [0.2, 0.25) is 5.91 Å². The van der Waals surface area contributed by atoms with E-state index in [4.69, 9.17) is 0 Å². The molecular weight excluding hydrogens is 291 g/mol. The molecular formula is C19H23FN2O. The number of hydrogen-bond acceptors (Lipinski definition) is 2. The Morgan fingerprint density at radius 2 is 1.74 bits per heavy atom. The zero-order valence-electron chi connectivity index (χ0n) is 13.7. The number of carbonyl (C=O) groups excluding carboxylic acids is 1.